The van der Waals surface area contributed by atoms with Gasteiger partial charge in [0.25, 0.3) is 5.91 Å². The summed E-state index contributed by atoms with van der Waals surface area (Å²) in [5, 5.41) is 9.95. The summed E-state index contributed by atoms with van der Waals surface area (Å²) in [6.45, 7) is 3.06. The quantitative estimate of drug-likeness (QED) is 0.287. The maximum absolute atomic E-state index is 13.5. The molecule has 1 heterocycles. The summed E-state index contributed by atoms with van der Waals surface area (Å²) in [7, 11) is 3.04. The maximum atomic E-state index is 13.5. The van der Waals surface area contributed by atoms with Gasteiger partial charge in [-0.2, -0.15) is 13.2 Å². The summed E-state index contributed by atoms with van der Waals surface area (Å²) >= 11 is 0. The van der Waals surface area contributed by atoms with Crippen LogP contribution in [-0.2, 0) is 6.54 Å². The second kappa shape index (κ2) is 13.8. The number of hydrogen-bond acceptors (Lipinski definition) is 4. The first-order valence-corrected chi connectivity index (χ1v) is 13.4. The van der Waals surface area contributed by atoms with Crippen LogP contribution >= 0.6 is 0 Å². The summed E-state index contributed by atoms with van der Waals surface area (Å²) in [6, 6.07) is 12.4. The molecule has 2 aromatic carbocycles. The van der Waals surface area contributed by atoms with E-state index in [1.165, 1.54) is 18.1 Å². The lowest BCUT2D eigenvalue weighted by atomic mass is 9.95. The van der Waals surface area contributed by atoms with Crippen molar-refractivity contribution in [3.05, 3.63) is 53.7 Å². The van der Waals surface area contributed by atoms with Gasteiger partial charge in [0.2, 0.25) is 0 Å². The van der Waals surface area contributed by atoms with Crippen LogP contribution in [0.25, 0.3) is 10.9 Å². The van der Waals surface area contributed by atoms with E-state index in [-0.39, 0.29) is 12.5 Å². The number of carbonyl (C=O) groups excluding carboxylic acids is 1. The SMILES string of the molecule is CC.CNC(=O)c1ccc(NCC#Cc2cc3c(NC4CCCCC4)cccc3n2CC(F)(F)F)c(OC)c1. The number of methoxy groups -OCH3 is 1. The number of benzene rings is 2. The molecule has 0 bridgehead atoms. The molecule has 6 nitrogen and oxygen atoms in total. The number of alkyl halides is 3. The molecular weight excluding hydrogens is 505 g/mol. The highest BCUT2D eigenvalue weighted by molar-refractivity contribution is 5.95. The lowest BCUT2D eigenvalue weighted by Gasteiger charge is -2.24. The molecule has 0 unspecified atom stereocenters. The Bertz CT molecular complexity index is 1320. The van der Waals surface area contributed by atoms with Gasteiger partial charge in [-0.25, -0.2) is 0 Å². The van der Waals surface area contributed by atoms with Crippen LogP contribution in [0, 0.1) is 11.8 Å². The zero-order valence-electron chi connectivity index (χ0n) is 23.0. The molecule has 0 aliphatic heterocycles. The van der Waals surface area contributed by atoms with E-state index >= 15 is 0 Å². The van der Waals surface area contributed by atoms with E-state index < -0.39 is 12.7 Å². The molecule has 4 rings (SSSR count). The average Bonchev–Trinajstić information content (AvgIpc) is 3.29. The fourth-order valence-corrected chi connectivity index (χ4v) is 4.73. The van der Waals surface area contributed by atoms with Crippen molar-refractivity contribution in [1.82, 2.24) is 9.88 Å². The molecule has 1 saturated carbocycles. The highest BCUT2D eigenvalue weighted by Crippen LogP contribution is 2.32. The highest BCUT2D eigenvalue weighted by atomic mass is 19.4. The minimum atomic E-state index is -4.38. The second-order valence-electron chi connectivity index (χ2n) is 9.10. The summed E-state index contributed by atoms with van der Waals surface area (Å²) < 4.78 is 47.0. The van der Waals surface area contributed by atoms with Crippen molar-refractivity contribution in [3.8, 4) is 17.6 Å². The molecule has 0 saturated heterocycles. The predicted molar refractivity (Wildman–Crippen MR) is 152 cm³/mol. The van der Waals surface area contributed by atoms with Gasteiger partial charge < -0.3 is 25.3 Å². The largest absolute Gasteiger partial charge is 0.495 e. The molecule has 0 radical (unpaired) electrons. The van der Waals surface area contributed by atoms with Crippen molar-refractivity contribution in [2.75, 3.05) is 31.3 Å². The smallest absolute Gasteiger partial charge is 0.406 e. The topological polar surface area (TPSA) is 67.3 Å². The fourth-order valence-electron chi connectivity index (χ4n) is 4.73. The average molecular weight is 543 g/mol. The van der Waals surface area contributed by atoms with Gasteiger partial charge in [-0.3, -0.25) is 4.79 Å². The number of carbonyl (C=O) groups is 1. The first-order chi connectivity index (χ1) is 18.8. The van der Waals surface area contributed by atoms with Gasteiger partial charge in [0.1, 0.15) is 12.3 Å². The third-order valence-corrected chi connectivity index (χ3v) is 6.52. The molecule has 1 aromatic heterocycles. The van der Waals surface area contributed by atoms with E-state index in [0.717, 1.165) is 36.8 Å². The van der Waals surface area contributed by atoms with Gasteiger partial charge in [-0.05, 0) is 55.2 Å². The van der Waals surface area contributed by atoms with Crippen LogP contribution in [0.1, 0.15) is 62.0 Å². The number of nitrogens with zero attached hydrogens (tertiary/aromatic N) is 1. The maximum Gasteiger partial charge on any atom is 0.406 e. The molecule has 1 amide bonds. The Balaban J connectivity index is 0.00000205. The summed E-state index contributed by atoms with van der Waals surface area (Å²) in [5.41, 5.74) is 2.72. The monoisotopic (exact) mass is 542 g/mol. The van der Waals surface area contributed by atoms with Crippen LogP contribution in [0.4, 0.5) is 24.5 Å². The van der Waals surface area contributed by atoms with Crippen molar-refractivity contribution >= 4 is 28.2 Å². The van der Waals surface area contributed by atoms with E-state index in [9.17, 15) is 18.0 Å². The zero-order valence-corrected chi connectivity index (χ0v) is 23.0. The lowest BCUT2D eigenvalue weighted by Crippen LogP contribution is -2.22. The van der Waals surface area contributed by atoms with Crippen LogP contribution < -0.4 is 20.7 Å². The van der Waals surface area contributed by atoms with Crippen LogP contribution in [0.2, 0.25) is 0 Å². The first kappa shape index (κ1) is 29.8. The number of fused-ring (bicyclic) bond motifs is 1. The van der Waals surface area contributed by atoms with Gasteiger partial charge in [0.05, 0.1) is 30.6 Å². The number of halogens is 3. The molecule has 1 aliphatic rings. The molecule has 1 aliphatic carbocycles. The van der Waals surface area contributed by atoms with Crippen LogP contribution in [0.3, 0.4) is 0 Å². The number of nitrogens with one attached hydrogen (secondary N) is 3. The Morgan fingerprint density at radius 3 is 2.49 bits per heavy atom. The van der Waals surface area contributed by atoms with Crippen molar-refractivity contribution in [2.24, 2.45) is 0 Å². The molecule has 3 aromatic rings. The molecule has 1 fully saturated rings. The Morgan fingerprint density at radius 2 is 1.82 bits per heavy atom. The molecule has 3 N–H and O–H groups in total. The summed E-state index contributed by atoms with van der Waals surface area (Å²) in [6.07, 6.45) is 1.28. The third kappa shape index (κ3) is 7.85. The molecule has 0 spiro atoms. The standard InChI is InChI=1S/C28H31F3N4O2.C2H6/c1-32-27(36)19-13-14-24(26(16-19)37-2)33-15-7-10-21-17-22-23(34-20-8-4-3-5-9-20)11-6-12-25(22)35(21)18-28(29,30)31;1-2/h6,11-14,16-17,20,33-34H,3-5,8-9,15,18H2,1-2H3,(H,32,36);1-2H3. The highest BCUT2D eigenvalue weighted by Gasteiger charge is 2.30. The van der Waals surface area contributed by atoms with E-state index in [1.807, 2.05) is 19.9 Å². The van der Waals surface area contributed by atoms with Crippen LogP contribution in [0.5, 0.6) is 5.75 Å². The number of aromatic nitrogens is 1. The van der Waals surface area contributed by atoms with Crippen molar-refractivity contribution in [2.45, 2.75) is 64.7 Å². The van der Waals surface area contributed by atoms with Crippen molar-refractivity contribution in [1.29, 1.82) is 0 Å². The number of rotatable bonds is 7. The number of amides is 1. The fraction of sp³-hybridized carbons (Fsp3) is 0.433. The normalized spacial score (nSPS) is 13.5. The minimum Gasteiger partial charge on any atom is -0.495 e. The first-order valence-electron chi connectivity index (χ1n) is 13.4. The Labute approximate surface area is 228 Å². The molecule has 210 valence electrons. The van der Waals surface area contributed by atoms with Gasteiger partial charge in [-0.15, -0.1) is 0 Å². The van der Waals surface area contributed by atoms with Crippen molar-refractivity contribution < 1.29 is 22.7 Å². The van der Waals surface area contributed by atoms with E-state index in [0.29, 0.717) is 34.3 Å². The van der Waals surface area contributed by atoms with Gasteiger partial charge >= 0.3 is 6.18 Å². The molecular formula is C30H37F3N4O2. The Morgan fingerprint density at radius 1 is 1.08 bits per heavy atom. The Kier molecular flexibility index (Phi) is 10.6. The molecule has 39 heavy (non-hydrogen) atoms. The molecule has 0 atom stereocenters. The second-order valence-corrected chi connectivity index (χ2v) is 9.10. The van der Waals surface area contributed by atoms with Crippen LogP contribution in [0.15, 0.2) is 42.5 Å². The van der Waals surface area contributed by atoms with E-state index in [2.05, 4.69) is 27.8 Å². The number of anilines is 2. The van der Waals surface area contributed by atoms with Gasteiger partial charge in [0, 0.05) is 29.7 Å². The van der Waals surface area contributed by atoms with E-state index in [1.54, 1.807) is 43.4 Å². The molecule has 9 heteroatoms. The third-order valence-electron chi connectivity index (χ3n) is 6.52. The minimum absolute atomic E-state index is 0.177. The van der Waals surface area contributed by atoms with Gasteiger partial charge in [0.15, 0.2) is 0 Å². The zero-order chi connectivity index (χ0) is 28.4. The summed E-state index contributed by atoms with van der Waals surface area (Å²) in [4.78, 5) is 11.9. The Hall–Kier alpha value is -3.80. The predicted octanol–water partition coefficient (Wildman–Crippen LogP) is 6.81. The lowest BCUT2D eigenvalue weighted by molar-refractivity contribution is -0.140. The summed E-state index contributed by atoms with van der Waals surface area (Å²) in [5.74, 6) is 6.08. The van der Waals surface area contributed by atoms with Gasteiger partial charge in [-0.1, -0.05) is 45.1 Å². The number of ether oxygens (including phenoxy) is 1. The van der Waals surface area contributed by atoms with Crippen LogP contribution in [-0.4, -0.2) is 43.4 Å². The number of hydrogen-bond donors (Lipinski definition) is 3. The van der Waals surface area contributed by atoms with E-state index in [4.69, 9.17) is 4.74 Å². The van der Waals surface area contributed by atoms with Crippen molar-refractivity contribution in [3.63, 3.8) is 0 Å².